The SMILES string of the molecule is C[NH+]1CC[NH+](CCC(=O)N/N=C\c2ccccc2)CC1. The molecule has 0 atom stereocenters. The topological polar surface area (TPSA) is 50.3 Å². The van der Waals surface area contributed by atoms with Gasteiger partial charge in [0.1, 0.15) is 26.2 Å². The number of hydrazone groups is 1. The van der Waals surface area contributed by atoms with Gasteiger partial charge >= 0.3 is 0 Å². The average molecular weight is 276 g/mol. The summed E-state index contributed by atoms with van der Waals surface area (Å²) in [7, 11) is 2.22. The zero-order valence-corrected chi connectivity index (χ0v) is 12.1. The van der Waals surface area contributed by atoms with Crippen LogP contribution in [0.5, 0.6) is 0 Å². The highest BCUT2D eigenvalue weighted by molar-refractivity contribution is 5.82. The quantitative estimate of drug-likeness (QED) is 0.420. The zero-order chi connectivity index (χ0) is 14.2. The molecule has 1 fully saturated rings. The number of likely N-dealkylation sites (N-methyl/N-ethyl adjacent to an activating group) is 1. The third kappa shape index (κ3) is 5.11. The highest BCUT2D eigenvalue weighted by Crippen LogP contribution is 1.93. The van der Waals surface area contributed by atoms with E-state index in [0.717, 1.165) is 25.2 Å². The maximum atomic E-state index is 11.7. The second kappa shape index (κ2) is 7.77. The Morgan fingerprint density at radius 2 is 1.95 bits per heavy atom. The number of hydrogen-bond donors (Lipinski definition) is 3. The summed E-state index contributed by atoms with van der Waals surface area (Å²) in [5.74, 6) is -0.00374. The maximum Gasteiger partial charge on any atom is 0.245 e. The first-order valence-electron chi connectivity index (χ1n) is 7.26. The van der Waals surface area contributed by atoms with Crippen molar-refractivity contribution >= 4 is 12.1 Å². The van der Waals surface area contributed by atoms with Crippen molar-refractivity contribution < 1.29 is 14.6 Å². The fourth-order valence-electron chi connectivity index (χ4n) is 2.34. The molecular formula is C15H24N4O+2. The molecule has 0 spiro atoms. The number of carbonyl (C=O) groups is 1. The van der Waals surface area contributed by atoms with Gasteiger partial charge in [0, 0.05) is 0 Å². The Morgan fingerprint density at radius 1 is 1.25 bits per heavy atom. The first-order valence-corrected chi connectivity index (χ1v) is 7.26. The Balaban J connectivity index is 1.64. The molecular weight excluding hydrogens is 252 g/mol. The third-order valence-electron chi connectivity index (χ3n) is 3.72. The summed E-state index contributed by atoms with van der Waals surface area (Å²) < 4.78 is 0. The van der Waals surface area contributed by atoms with Crippen LogP contribution in [0, 0.1) is 0 Å². The third-order valence-corrected chi connectivity index (χ3v) is 3.72. The molecule has 3 N–H and O–H groups in total. The summed E-state index contributed by atoms with van der Waals surface area (Å²) in [6.07, 6.45) is 2.21. The van der Waals surface area contributed by atoms with Gasteiger partial charge in [0.2, 0.25) is 5.91 Å². The number of nitrogens with one attached hydrogen (secondary N) is 3. The van der Waals surface area contributed by atoms with Gasteiger partial charge in [-0.15, -0.1) is 0 Å². The van der Waals surface area contributed by atoms with E-state index in [4.69, 9.17) is 0 Å². The van der Waals surface area contributed by atoms with Gasteiger partial charge in [0.25, 0.3) is 0 Å². The van der Waals surface area contributed by atoms with E-state index in [9.17, 15) is 4.79 Å². The van der Waals surface area contributed by atoms with E-state index < -0.39 is 0 Å². The number of piperazine rings is 1. The van der Waals surface area contributed by atoms with Gasteiger partial charge in [-0.05, 0) is 5.56 Å². The lowest BCUT2D eigenvalue weighted by Gasteiger charge is -2.26. The molecule has 0 aromatic heterocycles. The normalized spacial score (nSPS) is 22.9. The summed E-state index contributed by atoms with van der Waals surface area (Å²) >= 11 is 0. The lowest BCUT2D eigenvalue weighted by Crippen LogP contribution is -3.27. The van der Waals surface area contributed by atoms with Crippen LogP contribution in [0.25, 0.3) is 0 Å². The largest absolute Gasteiger partial charge is 0.328 e. The molecule has 5 heteroatoms. The number of benzene rings is 1. The molecule has 108 valence electrons. The van der Waals surface area contributed by atoms with Gasteiger partial charge in [0.05, 0.1) is 26.2 Å². The lowest BCUT2D eigenvalue weighted by molar-refractivity contribution is -1.00. The van der Waals surface area contributed by atoms with Crippen LogP contribution >= 0.6 is 0 Å². The first kappa shape index (κ1) is 14.7. The van der Waals surface area contributed by atoms with E-state index in [1.807, 2.05) is 30.3 Å². The highest BCUT2D eigenvalue weighted by atomic mass is 16.2. The Kier molecular flexibility index (Phi) is 5.70. The molecule has 0 bridgehead atoms. The van der Waals surface area contributed by atoms with Crippen LogP contribution in [-0.2, 0) is 4.79 Å². The van der Waals surface area contributed by atoms with E-state index in [1.54, 1.807) is 11.1 Å². The number of amides is 1. The van der Waals surface area contributed by atoms with Crippen LogP contribution in [0.4, 0.5) is 0 Å². The Bertz CT molecular complexity index is 438. The maximum absolute atomic E-state index is 11.7. The molecule has 20 heavy (non-hydrogen) atoms. The van der Waals surface area contributed by atoms with Gasteiger partial charge in [-0.1, -0.05) is 30.3 Å². The van der Waals surface area contributed by atoms with Gasteiger partial charge in [0.15, 0.2) is 0 Å². The van der Waals surface area contributed by atoms with Crippen LogP contribution in [-0.4, -0.2) is 51.9 Å². The van der Waals surface area contributed by atoms with Gasteiger partial charge < -0.3 is 9.80 Å². The fourth-order valence-corrected chi connectivity index (χ4v) is 2.34. The van der Waals surface area contributed by atoms with Crippen molar-refractivity contribution in [3.63, 3.8) is 0 Å². The standard InChI is InChI=1S/C15H22N4O/c1-18-9-11-19(12-10-18)8-7-15(20)17-16-13-14-5-3-2-4-6-14/h2-6,13H,7-12H2,1H3,(H,17,20)/p+2/b16-13-. The second-order valence-corrected chi connectivity index (χ2v) is 5.41. The molecule has 2 rings (SSSR count). The molecule has 5 nitrogen and oxygen atoms in total. The highest BCUT2D eigenvalue weighted by Gasteiger charge is 2.20. The van der Waals surface area contributed by atoms with Crippen molar-refractivity contribution in [2.75, 3.05) is 39.8 Å². The molecule has 1 heterocycles. The molecule has 0 saturated carbocycles. The van der Waals surface area contributed by atoms with Crippen molar-refractivity contribution in [1.29, 1.82) is 0 Å². The number of quaternary nitrogens is 2. The van der Waals surface area contributed by atoms with Gasteiger partial charge in [-0.25, -0.2) is 5.43 Å². The predicted octanol–water partition coefficient (Wildman–Crippen LogP) is -2.06. The van der Waals surface area contributed by atoms with E-state index in [1.165, 1.54) is 18.0 Å². The number of hydrogen-bond acceptors (Lipinski definition) is 2. The van der Waals surface area contributed by atoms with Gasteiger partial charge in [-0.3, -0.25) is 4.79 Å². The Hall–Kier alpha value is -1.72. The summed E-state index contributed by atoms with van der Waals surface area (Å²) in [5, 5.41) is 3.98. The predicted molar refractivity (Wildman–Crippen MR) is 79.0 cm³/mol. The number of rotatable bonds is 5. The molecule has 1 aromatic rings. The zero-order valence-electron chi connectivity index (χ0n) is 12.1. The first-order chi connectivity index (χ1) is 9.74. The van der Waals surface area contributed by atoms with Crippen molar-refractivity contribution in [2.45, 2.75) is 6.42 Å². The lowest BCUT2D eigenvalue weighted by atomic mass is 10.2. The minimum Gasteiger partial charge on any atom is -0.328 e. The van der Waals surface area contributed by atoms with Crippen LogP contribution in [0.1, 0.15) is 12.0 Å². The molecule has 1 aromatic carbocycles. The van der Waals surface area contributed by atoms with Crippen LogP contribution < -0.4 is 15.2 Å². The van der Waals surface area contributed by atoms with Crippen molar-refractivity contribution in [3.05, 3.63) is 35.9 Å². The fraction of sp³-hybridized carbons (Fsp3) is 0.467. The smallest absolute Gasteiger partial charge is 0.245 e. The van der Waals surface area contributed by atoms with E-state index in [0.29, 0.717) is 6.42 Å². The summed E-state index contributed by atoms with van der Waals surface area (Å²) in [6.45, 7) is 5.62. The Labute approximate surface area is 120 Å². The Morgan fingerprint density at radius 3 is 2.65 bits per heavy atom. The number of nitrogens with zero attached hydrogens (tertiary/aromatic N) is 1. The molecule has 0 unspecified atom stereocenters. The molecule has 1 aliphatic rings. The minimum absolute atomic E-state index is 0.00374. The molecule has 1 amide bonds. The van der Waals surface area contributed by atoms with Crippen molar-refractivity contribution in [3.8, 4) is 0 Å². The summed E-state index contributed by atoms with van der Waals surface area (Å²) in [4.78, 5) is 14.8. The molecule has 1 aliphatic heterocycles. The molecule has 1 saturated heterocycles. The van der Waals surface area contributed by atoms with E-state index >= 15 is 0 Å². The van der Waals surface area contributed by atoms with Crippen molar-refractivity contribution in [1.82, 2.24) is 5.43 Å². The molecule has 0 aliphatic carbocycles. The van der Waals surface area contributed by atoms with Gasteiger partial charge in [-0.2, -0.15) is 5.10 Å². The van der Waals surface area contributed by atoms with Crippen molar-refractivity contribution in [2.24, 2.45) is 5.10 Å². The van der Waals surface area contributed by atoms with E-state index in [-0.39, 0.29) is 5.91 Å². The summed E-state index contributed by atoms with van der Waals surface area (Å²) in [5.41, 5.74) is 3.58. The summed E-state index contributed by atoms with van der Waals surface area (Å²) in [6, 6.07) is 9.75. The molecule has 0 radical (unpaired) electrons. The minimum atomic E-state index is -0.00374. The average Bonchev–Trinajstić information content (AvgIpc) is 2.48. The number of carbonyl (C=O) groups excluding carboxylic acids is 1. The van der Waals surface area contributed by atoms with E-state index in [2.05, 4.69) is 17.6 Å². The van der Waals surface area contributed by atoms with Crippen LogP contribution in [0.15, 0.2) is 35.4 Å². The second-order valence-electron chi connectivity index (χ2n) is 5.41. The monoisotopic (exact) mass is 276 g/mol. The van der Waals surface area contributed by atoms with Crippen LogP contribution in [0.2, 0.25) is 0 Å². The van der Waals surface area contributed by atoms with Crippen LogP contribution in [0.3, 0.4) is 0 Å².